The lowest BCUT2D eigenvalue weighted by Gasteiger charge is -2.21. The Kier molecular flexibility index (Phi) is 3.74. The van der Waals surface area contributed by atoms with Crippen LogP contribution in [-0.2, 0) is 11.3 Å². The van der Waals surface area contributed by atoms with Gasteiger partial charge in [0.25, 0.3) is 0 Å². The molecule has 2 aromatic heterocycles. The molecule has 1 aliphatic rings. The minimum Gasteiger partial charge on any atom is -0.448 e. The largest absolute Gasteiger partial charge is 0.448 e. The molecule has 1 aromatic carbocycles. The topological polar surface area (TPSA) is 72.1 Å². The van der Waals surface area contributed by atoms with Gasteiger partial charge in [-0.2, -0.15) is 8.75 Å². The second kappa shape index (κ2) is 5.90. The lowest BCUT2D eigenvalue weighted by molar-refractivity contribution is -0.116. The van der Waals surface area contributed by atoms with E-state index in [2.05, 4.69) is 13.7 Å². The molecule has 23 heavy (non-hydrogen) atoms. The molecule has 4 rings (SSSR count). The zero-order chi connectivity index (χ0) is 15.8. The van der Waals surface area contributed by atoms with Crippen molar-refractivity contribution >= 4 is 46.0 Å². The highest BCUT2D eigenvalue weighted by Gasteiger charge is 2.31. The van der Waals surface area contributed by atoms with E-state index in [-0.39, 0.29) is 11.8 Å². The Morgan fingerprint density at radius 2 is 2.17 bits per heavy atom. The molecule has 2 heterocycles. The molecule has 0 bridgehead atoms. The first-order valence-electron chi connectivity index (χ1n) is 7.27. The first-order valence-corrected chi connectivity index (χ1v) is 8.53. The summed E-state index contributed by atoms with van der Waals surface area (Å²) in [6.07, 6.45) is 3.67. The van der Waals surface area contributed by atoms with E-state index in [0.717, 1.165) is 52.7 Å². The fraction of sp³-hybridized carbons (Fsp3) is 0.333. The van der Waals surface area contributed by atoms with Gasteiger partial charge >= 0.3 is 0 Å². The number of halogens is 1. The lowest BCUT2D eigenvalue weighted by Crippen LogP contribution is -2.31. The summed E-state index contributed by atoms with van der Waals surface area (Å²) in [6.45, 7) is 0.344. The van der Waals surface area contributed by atoms with Gasteiger partial charge in [-0.3, -0.25) is 4.79 Å². The maximum atomic E-state index is 12.3. The minimum absolute atomic E-state index is 0.0933. The van der Waals surface area contributed by atoms with Crippen LogP contribution in [0.4, 0.5) is 5.69 Å². The second-order valence-corrected chi connectivity index (χ2v) is 6.28. The van der Waals surface area contributed by atoms with Crippen LogP contribution in [0.5, 0.6) is 0 Å². The standard InChI is InChI=1S/C15H13ClN4O2S/c16-6-14(21)20(7-13-15(9-1-2-9)22-8-17-13)10-3-4-11-12(5-10)19-23-18-11/h3-5,8-9H,1-2,6-7H2. The van der Waals surface area contributed by atoms with E-state index in [1.165, 1.54) is 6.39 Å². The number of hydrogen-bond donors (Lipinski definition) is 0. The van der Waals surface area contributed by atoms with Crippen molar-refractivity contribution in [1.82, 2.24) is 13.7 Å². The van der Waals surface area contributed by atoms with Crippen LogP contribution in [0.3, 0.4) is 0 Å². The molecular weight excluding hydrogens is 336 g/mol. The van der Waals surface area contributed by atoms with Crippen molar-refractivity contribution in [2.45, 2.75) is 25.3 Å². The van der Waals surface area contributed by atoms with E-state index in [9.17, 15) is 4.79 Å². The molecule has 1 aliphatic carbocycles. The van der Waals surface area contributed by atoms with Gasteiger partial charge in [-0.25, -0.2) is 4.98 Å². The molecule has 0 unspecified atom stereocenters. The highest BCUT2D eigenvalue weighted by atomic mass is 35.5. The summed E-state index contributed by atoms with van der Waals surface area (Å²) in [7, 11) is 0. The van der Waals surface area contributed by atoms with Crippen LogP contribution in [0.15, 0.2) is 29.0 Å². The van der Waals surface area contributed by atoms with Crippen molar-refractivity contribution in [2.75, 3.05) is 10.8 Å². The number of fused-ring (bicyclic) bond motifs is 1. The maximum absolute atomic E-state index is 12.3. The molecular formula is C15H13ClN4O2S. The second-order valence-electron chi connectivity index (χ2n) is 5.49. The summed E-state index contributed by atoms with van der Waals surface area (Å²) in [5.74, 6) is 1.04. The van der Waals surface area contributed by atoms with Crippen molar-refractivity contribution in [2.24, 2.45) is 0 Å². The number of alkyl halides is 1. The quantitative estimate of drug-likeness (QED) is 0.661. The van der Waals surface area contributed by atoms with E-state index in [1.807, 2.05) is 18.2 Å². The summed E-state index contributed by atoms with van der Waals surface area (Å²) >= 11 is 6.94. The van der Waals surface area contributed by atoms with E-state index in [0.29, 0.717) is 12.5 Å². The van der Waals surface area contributed by atoms with E-state index < -0.39 is 0 Å². The average molecular weight is 349 g/mol. The summed E-state index contributed by atoms with van der Waals surface area (Å²) in [5, 5.41) is 0. The number of anilines is 1. The molecule has 3 aromatic rings. The van der Waals surface area contributed by atoms with Gasteiger partial charge in [0.2, 0.25) is 5.91 Å². The maximum Gasteiger partial charge on any atom is 0.242 e. The van der Waals surface area contributed by atoms with Gasteiger partial charge in [-0.15, -0.1) is 11.6 Å². The molecule has 0 spiro atoms. The molecule has 1 saturated carbocycles. The van der Waals surface area contributed by atoms with Gasteiger partial charge in [-0.1, -0.05) is 0 Å². The van der Waals surface area contributed by atoms with E-state index in [1.54, 1.807) is 4.90 Å². The third-order valence-electron chi connectivity index (χ3n) is 3.89. The molecule has 0 atom stereocenters. The van der Waals surface area contributed by atoms with Crippen LogP contribution in [0.25, 0.3) is 11.0 Å². The van der Waals surface area contributed by atoms with Gasteiger partial charge in [0, 0.05) is 11.6 Å². The number of aromatic nitrogens is 3. The van der Waals surface area contributed by atoms with Crippen LogP contribution >= 0.6 is 23.3 Å². The van der Waals surface area contributed by atoms with Gasteiger partial charge in [-0.05, 0) is 31.0 Å². The summed E-state index contributed by atoms with van der Waals surface area (Å²) < 4.78 is 13.9. The van der Waals surface area contributed by atoms with Crippen molar-refractivity contribution < 1.29 is 9.21 Å². The first-order chi connectivity index (χ1) is 11.3. The van der Waals surface area contributed by atoms with Gasteiger partial charge in [0.05, 0.1) is 18.3 Å². The highest BCUT2D eigenvalue weighted by Crippen LogP contribution is 2.41. The molecule has 0 saturated heterocycles. The number of amides is 1. The van der Waals surface area contributed by atoms with Crippen molar-refractivity contribution in [3.05, 3.63) is 36.0 Å². The fourth-order valence-electron chi connectivity index (χ4n) is 2.56. The minimum atomic E-state index is -0.182. The number of benzene rings is 1. The molecule has 0 radical (unpaired) electrons. The normalized spacial score (nSPS) is 14.3. The molecule has 1 fully saturated rings. The Bertz CT molecular complexity index is 858. The van der Waals surface area contributed by atoms with Crippen LogP contribution in [0.2, 0.25) is 0 Å². The predicted molar refractivity (Wildman–Crippen MR) is 87.8 cm³/mol. The SMILES string of the molecule is O=C(CCl)N(Cc1ncoc1C1CC1)c1ccc2nsnc2c1. The molecule has 118 valence electrons. The average Bonchev–Trinajstić information content (AvgIpc) is 3.13. The van der Waals surface area contributed by atoms with Crippen molar-refractivity contribution in [1.29, 1.82) is 0 Å². The number of carbonyl (C=O) groups excluding carboxylic acids is 1. The third-order valence-corrected chi connectivity index (χ3v) is 4.68. The molecule has 8 heteroatoms. The van der Waals surface area contributed by atoms with E-state index >= 15 is 0 Å². The number of hydrogen-bond acceptors (Lipinski definition) is 6. The van der Waals surface area contributed by atoms with Gasteiger partial charge in [0.1, 0.15) is 28.4 Å². The number of rotatable bonds is 5. The molecule has 1 amide bonds. The number of oxazole rings is 1. The highest BCUT2D eigenvalue weighted by molar-refractivity contribution is 7.00. The van der Waals surface area contributed by atoms with Crippen LogP contribution in [-0.4, -0.2) is 25.5 Å². The number of nitrogens with zero attached hydrogens (tertiary/aromatic N) is 4. The fourth-order valence-corrected chi connectivity index (χ4v) is 3.22. The van der Waals surface area contributed by atoms with Crippen LogP contribution in [0, 0.1) is 0 Å². The Hall–Kier alpha value is -1.99. The molecule has 6 nitrogen and oxygen atoms in total. The van der Waals surface area contributed by atoms with Crippen molar-refractivity contribution in [3.8, 4) is 0 Å². The Morgan fingerprint density at radius 3 is 2.96 bits per heavy atom. The van der Waals surface area contributed by atoms with E-state index in [4.69, 9.17) is 16.0 Å². The first kappa shape index (κ1) is 14.6. The smallest absolute Gasteiger partial charge is 0.242 e. The monoisotopic (exact) mass is 348 g/mol. The Balaban J connectivity index is 1.68. The number of carbonyl (C=O) groups is 1. The Morgan fingerprint density at radius 1 is 1.35 bits per heavy atom. The van der Waals surface area contributed by atoms with Gasteiger partial charge in [0.15, 0.2) is 6.39 Å². The van der Waals surface area contributed by atoms with Crippen LogP contribution < -0.4 is 4.90 Å². The lowest BCUT2D eigenvalue weighted by atomic mass is 10.2. The molecule has 0 aliphatic heterocycles. The summed E-state index contributed by atoms with van der Waals surface area (Å²) in [5.41, 5.74) is 3.11. The predicted octanol–water partition coefficient (Wildman–Crippen LogP) is 3.33. The zero-order valence-electron chi connectivity index (χ0n) is 12.1. The van der Waals surface area contributed by atoms with Crippen molar-refractivity contribution in [3.63, 3.8) is 0 Å². The third kappa shape index (κ3) is 2.82. The Labute approximate surface area is 141 Å². The summed E-state index contributed by atoms with van der Waals surface area (Å²) in [6, 6.07) is 5.55. The zero-order valence-corrected chi connectivity index (χ0v) is 13.7. The summed E-state index contributed by atoms with van der Waals surface area (Å²) in [4.78, 5) is 18.2. The van der Waals surface area contributed by atoms with Crippen LogP contribution in [0.1, 0.15) is 30.2 Å². The van der Waals surface area contributed by atoms with Gasteiger partial charge < -0.3 is 9.32 Å². The molecule has 0 N–H and O–H groups in total.